The SMILES string of the molecule is [3H]c1ccc(C)[nH]1. The lowest BCUT2D eigenvalue weighted by Crippen LogP contribution is -1.59. The van der Waals surface area contributed by atoms with Crippen molar-refractivity contribution in [1.82, 2.24) is 4.98 Å². The quantitative estimate of drug-likeness (QED) is 0.487. The Morgan fingerprint density at radius 1 is 2.00 bits per heavy atom. The fourth-order valence-corrected chi connectivity index (χ4v) is 0.364. The monoisotopic (exact) mass is 83.1 g/mol. The molecule has 0 aromatic carbocycles. The van der Waals surface area contributed by atoms with Gasteiger partial charge in [-0.3, -0.25) is 0 Å². The number of aryl methyl sites for hydroxylation is 1. The minimum atomic E-state index is 0.484. The Balaban J connectivity index is 3.04. The average molecular weight is 83.1 g/mol. The van der Waals surface area contributed by atoms with Gasteiger partial charge in [-0.25, -0.2) is 0 Å². The van der Waals surface area contributed by atoms with E-state index in [1.165, 1.54) is 0 Å². The van der Waals surface area contributed by atoms with Crippen LogP contribution in [0.5, 0.6) is 0 Å². The molecule has 0 radical (unpaired) electrons. The van der Waals surface area contributed by atoms with Gasteiger partial charge < -0.3 is 4.98 Å². The number of aromatic amines is 1. The molecule has 32 valence electrons. The maximum atomic E-state index is 6.96. The summed E-state index contributed by atoms with van der Waals surface area (Å²) >= 11 is 0. The number of hydrogen-bond donors (Lipinski definition) is 1. The number of rotatable bonds is 0. The van der Waals surface area contributed by atoms with Gasteiger partial charge in [0.25, 0.3) is 0 Å². The molecule has 1 aromatic heterocycles. The van der Waals surface area contributed by atoms with Crippen LogP contribution in [-0.4, -0.2) is 4.98 Å². The topological polar surface area (TPSA) is 15.8 Å². The van der Waals surface area contributed by atoms with Gasteiger partial charge in [0.1, 0.15) is 0 Å². The summed E-state index contributed by atoms with van der Waals surface area (Å²) in [5, 5.41) is 0. The van der Waals surface area contributed by atoms with Crippen molar-refractivity contribution in [3.05, 3.63) is 24.0 Å². The van der Waals surface area contributed by atoms with E-state index in [1.54, 1.807) is 6.07 Å². The second-order valence-corrected chi connectivity index (χ2v) is 1.29. The highest BCUT2D eigenvalue weighted by Gasteiger charge is 1.72. The van der Waals surface area contributed by atoms with Crippen LogP contribution in [-0.2, 0) is 0 Å². The van der Waals surface area contributed by atoms with Crippen molar-refractivity contribution in [2.75, 3.05) is 0 Å². The third-order valence-electron chi connectivity index (χ3n) is 0.686. The standard InChI is InChI=1S/C5H7N/c1-5-3-2-4-6-5/h2-4,6H,1H3/i4T. The van der Waals surface area contributed by atoms with Crippen molar-refractivity contribution in [3.8, 4) is 0 Å². The summed E-state index contributed by atoms with van der Waals surface area (Å²) in [6.07, 6.45) is 0.484. The maximum absolute atomic E-state index is 6.96. The Hall–Kier alpha value is -0.720. The molecule has 0 aliphatic rings. The fourth-order valence-electron chi connectivity index (χ4n) is 0.364. The van der Waals surface area contributed by atoms with E-state index in [4.69, 9.17) is 1.37 Å². The number of H-pyrrole nitrogens is 1. The molecule has 1 nitrogen and oxygen atoms in total. The Morgan fingerprint density at radius 3 is 3.00 bits per heavy atom. The molecule has 0 aliphatic heterocycles. The zero-order valence-electron chi connectivity index (χ0n) is 4.65. The number of nitrogens with one attached hydrogen (secondary N) is 1. The molecule has 1 heteroatoms. The van der Waals surface area contributed by atoms with Crippen LogP contribution in [0.15, 0.2) is 18.3 Å². The first-order valence-electron chi connectivity index (χ1n) is 2.41. The molecule has 6 heavy (non-hydrogen) atoms. The summed E-state index contributed by atoms with van der Waals surface area (Å²) in [6, 6.07) is 3.61. The van der Waals surface area contributed by atoms with Crippen LogP contribution in [0.3, 0.4) is 0 Å². The smallest absolute Gasteiger partial charge is 0.0815 e. The van der Waals surface area contributed by atoms with Crippen LogP contribution < -0.4 is 0 Å². The van der Waals surface area contributed by atoms with Crippen molar-refractivity contribution in [3.63, 3.8) is 0 Å². The van der Waals surface area contributed by atoms with Crippen LogP contribution >= 0.6 is 0 Å². The minimum absolute atomic E-state index is 0.484. The van der Waals surface area contributed by atoms with Gasteiger partial charge in [0, 0.05) is 11.9 Å². The van der Waals surface area contributed by atoms with Gasteiger partial charge >= 0.3 is 0 Å². The summed E-state index contributed by atoms with van der Waals surface area (Å²) in [7, 11) is 0. The van der Waals surface area contributed by atoms with E-state index >= 15 is 0 Å². The first-order valence-corrected chi connectivity index (χ1v) is 1.91. The molecule has 0 saturated heterocycles. The van der Waals surface area contributed by atoms with Crippen molar-refractivity contribution < 1.29 is 1.37 Å². The van der Waals surface area contributed by atoms with E-state index in [-0.39, 0.29) is 0 Å². The lowest BCUT2D eigenvalue weighted by atomic mass is 10.5. The summed E-state index contributed by atoms with van der Waals surface area (Å²) in [5.74, 6) is 0. The molecule has 0 saturated carbocycles. The minimum Gasteiger partial charge on any atom is -0.365 e. The summed E-state index contributed by atoms with van der Waals surface area (Å²) < 4.78 is 6.96. The highest BCUT2D eigenvalue weighted by Crippen LogP contribution is 1.86. The second-order valence-electron chi connectivity index (χ2n) is 1.29. The van der Waals surface area contributed by atoms with Crippen LogP contribution in [0.2, 0.25) is 0 Å². The van der Waals surface area contributed by atoms with Crippen LogP contribution in [0.1, 0.15) is 7.06 Å². The van der Waals surface area contributed by atoms with E-state index in [9.17, 15) is 0 Å². The number of hydrogen-bond acceptors (Lipinski definition) is 0. The van der Waals surface area contributed by atoms with Crippen molar-refractivity contribution >= 4 is 0 Å². The third kappa shape index (κ3) is 0.432. The molecule has 1 heterocycles. The molecule has 0 bridgehead atoms. The highest BCUT2D eigenvalue weighted by atomic mass is 14.7. The van der Waals surface area contributed by atoms with Crippen molar-refractivity contribution in [2.45, 2.75) is 6.92 Å². The molecule has 0 atom stereocenters. The second kappa shape index (κ2) is 1.17. The molecule has 0 spiro atoms. The first-order chi connectivity index (χ1) is 3.29. The van der Waals surface area contributed by atoms with Crippen molar-refractivity contribution in [2.24, 2.45) is 0 Å². The predicted molar refractivity (Wildman–Crippen MR) is 25.5 cm³/mol. The van der Waals surface area contributed by atoms with Crippen LogP contribution in [0.25, 0.3) is 0 Å². The van der Waals surface area contributed by atoms with Gasteiger partial charge in [-0.1, -0.05) is 0 Å². The summed E-state index contributed by atoms with van der Waals surface area (Å²) in [6.45, 7) is 1.93. The summed E-state index contributed by atoms with van der Waals surface area (Å²) in [5.41, 5.74) is 1.05. The van der Waals surface area contributed by atoms with E-state index in [0.717, 1.165) is 5.69 Å². The molecule has 0 unspecified atom stereocenters. The van der Waals surface area contributed by atoms with Gasteiger partial charge in [0.2, 0.25) is 0 Å². The van der Waals surface area contributed by atoms with Gasteiger partial charge in [0.05, 0.1) is 1.37 Å². The number of aromatic nitrogens is 1. The normalized spacial score (nSPS) is 11.2. The molecule has 0 fully saturated rings. The molecule has 1 aromatic rings. The lowest BCUT2D eigenvalue weighted by Gasteiger charge is -1.70. The molecular weight excluding hydrogens is 74.1 g/mol. The van der Waals surface area contributed by atoms with Gasteiger partial charge in [-0.15, -0.1) is 0 Å². The largest absolute Gasteiger partial charge is 0.365 e. The van der Waals surface area contributed by atoms with Crippen molar-refractivity contribution in [1.29, 1.82) is 0 Å². The van der Waals surface area contributed by atoms with E-state index in [0.29, 0.717) is 6.17 Å². The Labute approximate surface area is 38.4 Å². The predicted octanol–water partition coefficient (Wildman–Crippen LogP) is 1.32. The van der Waals surface area contributed by atoms with Crippen LogP contribution in [0, 0.1) is 6.92 Å². The third-order valence-corrected chi connectivity index (χ3v) is 0.686. The molecule has 1 rings (SSSR count). The lowest BCUT2D eigenvalue weighted by molar-refractivity contribution is 1.27. The Morgan fingerprint density at radius 2 is 2.83 bits per heavy atom. The zero-order valence-corrected chi connectivity index (χ0v) is 3.65. The Kier molecular flexibility index (Phi) is 0.477. The Bertz CT molecular complexity index is 140. The molecular formula is C5H7N. The van der Waals surface area contributed by atoms with Gasteiger partial charge in [-0.05, 0) is 19.1 Å². The van der Waals surface area contributed by atoms with Gasteiger partial charge in [-0.2, -0.15) is 0 Å². The maximum Gasteiger partial charge on any atom is 0.0815 e. The fraction of sp³-hybridized carbons (Fsp3) is 0.200. The first kappa shape index (κ1) is 2.45. The van der Waals surface area contributed by atoms with Crippen LogP contribution in [0.4, 0.5) is 0 Å². The highest BCUT2D eigenvalue weighted by molar-refractivity contribution is 4.99. The van der Waals surface area contributed by atoms with E-state index in [2.05, 4.69) is 4.98 Å². The average Bonchev–Trinajstić information content (AvgIpc) is 1.87. The molecule has 0 aliphatic carbocycles. The molecule has 0 amide bonds. The van der Waals surface area contributed by atoms with Gasteiger partial charge in [0.15, 0.2) is 0 Å². The molecule has 1 N–H and O–H groups in total. The van der Waals surface area contributed by atoms with E-state index in [1.807, 2.05) is 13.0 Å². The summed E-state index contributed by atoms with van der Waals surface area (Å²) in [4.78, 5) is 2.81. The zero-order chi connectivity index (χ0) is 5.28. The van der Waals surface area contributed by atoms with E-state index < -0.39 is 0 Å².